The summed E-state index contributed by atoms with van der Waals surface area (Å²) in [6.45, 7) is 11.8. The van der Waals surface area contributed by atoms with E-state index in [9.17, 15) is 4.79 Å². The lowest BCUT2D eigenvalue weighted by atomic mass is 9.81. The first-order valence-electron chi connectivity index (χ1n) is 13.5. The Balaban J connectivity index is 1.89. The summed E-state index contributed by atoms with van der Waals surface area (Å²) in [6, 6.07) is 0.649. The first-order chi connectivity index (χ1) is 16.3. The zero-order valence-electron chi connectivity index (χ0n) is 22.5. The van der Waals surface area contributed by atoms with Crippen LogP contribution in [0, 0.1) is 17.8 Å². The molecule has 1 saturated carbocycles. The number of carbonyl (C=O) groups is 1. The van der Waals surface area contributed by atoms with Crippen LogP contribution in [0.5, 0.6) is 0 Å². The van der Waals surface area contributed by atoms with E-state index in [1.165, 1.54) is 0 Å². The average molecular weight is 478 g/mol. The molecule has 196 valence electrons. The smallest absolute Gasteiger partial charge is 0.223 e. The van der Waals surface area contributed by atoms with Gasteiger partial charge < -0.3 is 25.6 Å². The minimum atomic E-state index is 0.272. The highest BCUT2D eigenvalue weighted by Crippen LogP contribution is 2.32. The van der Waals surface area contributed by atoms with Crippen molar-refractivity contribution in [2.24, 2.45) is 28.5 Å². The fraction of sp³-hybridized carbons (Fsp3) is 0.852. The summed E-state index contributed by atoms with van der Waals surface area (Å²) >= 11 is 0. The topological polar surface area (TPSA) is 83.2 Å². The average Bonchev–Trinajstić information content (AvgIpc) is 2.83. The summed E-state index contributed by atoms with van der Waals surface area (Å²) in [5, 5.41) is 3.18. The molecule has 0 bridgehead atoms. The maximum absolute atomic E-state index is 13.2. The van der Waals surface area contributed by atoms with Crippen LogP contribution >= 0.6 is 0 Å². The first-order valence-corrected chi connectivity index (χ1v) is 13.5. The van der Waals surface area contributed by atoms with Gasteiger partial charge in [0.1, 0.15) is 0 Å². The predicted molar refractivity (Wildman–Crippen MR) is 142 cm³/mol. The molecule has 0 radical (unpaired) electrons. The molecule has 3 N–H and O–H groups in total. The number of aliphatic imine (C=N–C) groups is 1. The van der Waals surface area contributed by atoms with E-state index in [-0.39, 0.29) is 6.04 Å². The van der Waals surface area contributed by atoms with Crippen LogP contribution in [-0.4, -0.2) is 87.5 Å². The number of nitrogens with zero attached hydrogens (tertiary/aromatic N) is 3. The molecule has 7 heteroatoms. The Labute approximate surface area is 208 Å². The SMILES string of the molecule is CNCCN(C)CC(C=N[C@@H](C)C1CCC(N(CC2CCOCC2)C(=O)CC(C)C)CC1)=CN. The van der Waals surface area contributed by atoms with E-state index in [1.807, 2.05) is 13.3 Å². The lowest BCUT2D eigenvalue weighted by Gasteiger charge is -2.40. The number of hydrogen-bond donors (Lipinski definition) is 2. The molecule has 2 aliphatic rings. The predicted octanol–water partition coefficient (Wildman–Crippen LogP) is 3.30. The molecule has 1 amide bonds. The Bertz CT molecular complexity index is 637. The molecule has 1 atom stereocenters. The van der Waals surface area contributed by atoms with Crippen molar-refractivity contribution in [2.75, 3.05) is 53.5 Å². The molecule has 0 spiro atoms. The Hall–Kier alpha value is -1.44. The van der Waals surface area contributed by atoms with Crippen molar-refractivity contribution in [3.8, 4) is 0 Å². The molecule has 2 fully saturated rings. The summed E-state index contributed by atoms with van der Waals surface area (Å²) < 4.78 is 5.54. The fourth-order valence-electron chi connectivity index (χ4n) is 5.19. The van der Waals surface area contributed by atoms with Gasteiger partial charge in [0.15, 0.2) is 0 Å². The minimum Gasteiger partial charge on any atom is -0.404 e. The molecular weight excluding hydrogens is 426 g/mol. The van der Waals surface area contributed by atoms with Gasteiger partial charge in [0.05, 0.1) is 0 Å². The summed E-state index contributed by atoms with van der Waals surface area (Å²) in [5.41, 5.74) is 6.92. The molecular formula is C27H51N5O2. The van der Waals surface area contributed by atoms with Gasteiger partial charge in [-0.3, -0.25) is 9.79 Å². The molecule has 0 aromatic carbocycles. The van der Waals surface area contributed by atoms with Crippen LogP contribution < -0.4 is 11.1 Å². The molecule has 1 aliphatic heterocycles. The molecule has 1 aliphatic carbocycles. The highest BCUT2D eigenvalue weighted by Gasteiger charge is 2.32. The van der Waals surface area contributed by atoms with Crippen molar-refractivity contribution >= 4 is 12.1 Å². The quantitative estimate of drug-likeness (QED) is 0.398. The number of ether oxygens (including phenoxy) is 1. The molecule has 1 saturated heterocycles. The van der Waals surface area contributed by atoms with Crippen molar-refractivity contribution < 1.29 is 9.53 Å². The number of hydrogen-bond acceptors (Lipinski definition) is 6. The van der Waals surface area contributed by atoms with Crippen LogP contribution in [0.3, 0.4) is 0 Å². The third kappa shape index (κ3) is 10.0. The Morgan fingerprint density at radius 2 is 1.82 bits per heavy atom. The van der Waals surface area contributed by atoms with Gasteiger partial charge in [0, 0.05) is 64.1 Å². The van der Waals surface area contributed by atoms with E-state index >= 15 is 0 Å². The zero-order chi connectivity index (χ0) is 24.9. The lowest BCUT2D eigenvalue weighted by molar-refractivity contribution is -0.136. The van der Waals surface area contributed by atoms with E-state index in [2.05, 4.69) is 42.9 Å². The van der Waals surface area contributed by atoms with Gasteiger partial charge in [-0.2, -0.15) is 0 Å². The van der Waals surface area contributed by atoms with Crippen molar-refractivity contribution in [2.45, 2.75) is 77.8 Å². The van der Waals surface area contributed by atoms with Crippen LogP contribution in [0.15, 0.2) is 16.8 Å². The second kappa shape index (κ2) is 15.5. The molecule has 2 rings (SSSR count). The summed E-state index contributed by atoms with van der Waals surface area (Å²) in [4.78, 5) is 22.5. The van der Waals surface area contributed by atoms with Gasteiger partial charge in [0.2, 0.25) is 5.91 Å². The maximum atomic E-state index is 13.2. The number of likely N-dealkylation sites (N-methyl/N-ethyl adjacent to an activating group) is 2. The Kier molecular flexibility index (Phi) is 13.2. The van der Waals surface area contributed by atoms with Crippen LogP contribution in [0.1, 0.15) is 65.7 Å². The second-order valence-corrected chi connectivity index (χ2v) is 10.9. The van der Waals surface area contributed by atoms with Gasteiger partial charge in [-0.25, -0.2) is 0 Å². The zero-order valence-corrected chi connectivity index (χ0v) is 22.5. The standard InChI is InChI=1S/C27H51N5O2/c1-21(2)16-27(33)32(20-23-10-14-34-15-11-23)26-8-6-25(7-9-26)22(3)30-18-24(17-28)19-31(5)13-12-29-4/h17-18,21-23,25-26,29H,6-16,19-20,28H2,1-5H3/t22-,25?,26?/m0/s1. The van der Waals surface area contributed by atoms with Crippen molar-refractivity contribution in [3.63, 3.8) is 0 Å². The minimum absolute atomic E-state index is 0.272. The van der Waals surface area contributed by atoms with E-state index in [0.29, 0.717) is 36.1 Å². The van der Waals surface area contributed by atoms with Gasteiger partial charge in [-0.1, -0.05) is 13.8 Å². The van der Waals surface area contributed by atoms with Crippen LogP contribution in [0.2, 0.25) is 0 Å². The third-order valence-corrected chi connectivity index (χ3v) is 7.45. The highest BCUT2D eigenvalue weighted by molar-refractivity contribution is 5.79. The summed E-state index contributed by atoms with van der Waals surface area (Å²) in [7, 11) is 4.07. The lowest BCUT2D eigenvalue weighted by Crippen LogP contribution is -2.46. The van der Waals surface area contributed by atoms with Gasteiger partial charge in [-0.15, -0.1) is 0 Å². The van der Waals surface area contributed by atoms with E-state index in [4.69, 9.17) is 15.5 Å². The number of nitrogens with two attached hydrogens (primary N) is 1. The number of carbonyl (C=O) groups excluding carboxylic acids is 1. The van der Waals surface area contributed by atoms with Gasteiger partial charge in [0.25, 0.3) is 0 Å². The molecule has 7 nitrogen and oxygen atoms in total. The largest absolute Gasteiger partial charge is 0.404 e. The second-order valence-electron chi connectivity index (χ2n) is 10.9. The normalized spacial score (nSPS) is 23.7. The summed E-state index contributed by atoms with van der Waals surface area (Å²) in [5.74, 6) is 1.89. The number of nitrogens with one attached hydrogen (secondary N) is 1. The van der Waals surface area contributed by atoms with E-state index in [0.717, 1.165) is 83.5 Å². The first kappa shape index (κ1) is 28.8. The van der Waals surface area contributed by atoms with Crippen molar-refractivity contribution in [1.29, 1.82) is 0 Å². The molecule has 0 aromatic rings. The summed E-state index contributed by atoms with van der Waals surface area (Å²) in [6.07, 6.45) is 10.9. The van der Waals surface area contributed by atoms with E-state index in [1.54, 1.807) is 6.20 Å². The van der Waals surface area contributed by atoms with Gasteiger partial charge >= 0.3 is 0 Å². The molecule has 1 heterocycles. The van der Waals surface area contributed by atoms with Gasteiger partial charge in [-0.05, 0) is 89.1 Å². The molecule has 34 heavy (non-hydrogen) atoms. The van der Waals surface area contributed by atoms with Crippen LogP contribution in [0.4, 0.5) is 0 Å². The third-order valence-electron chi connectivity index (χ3n) is 7.45. The maximum Gasteiger partial charge on any atom is 0.223 e. The van der Waals surface area contributed by atoms with Crippen LogP contribution in [0.25, 0.3) is 0 Å². The highest BCUT2D eigenvalue weighted by atomic mass is 16.5. The number of rotatable bonds is 13. The van der Waals surface area contributed by atoms with Crippen molar-refractivity contribution in [3.05, 3.63) is 11.8 Å². The molecule has 0 aromatic heterocycles. The Morgan fingerprint density at radius 1 is 1.15 bits per heavy atom. The monoisotopic (exact) mass is 477 g/mol. The fourth-order valence-corrected chi connectivity index (χ4v) is 5.19. The molecule has 0 unspecified atom stereocenters. The van der Waals surface area contributed by atoms with E-state index < -0.39 is 0 Å². The Morgan fingerprint density at radius 3 is 2.41 bits per heavy atom. The van der Waals surface area contributed by atoms with Crippen LogP contribution in [-0.2, 0) is 9.53 Å². The van der Waals surface area contributed by atoms with Crippen molar-refractivity contribution in [1.82, 2.24) is 15.1 Å². The number of amides is 1.